The molecule has 0 radical (unpaired) electrons. The third kappa shape index (κ3) is 5.33. The number of ether oxygens (including phenoxy) is 1. The van der Waals surface area contributed by atoms with Gasteiger partial charge in [-0.3, -0.25) is 4.79 Å². The molecule has 0 amide bonds. The van der Waals surface area contributed by atoms with Crippen LogP contribution in [0.5, 0.6) is 0 Å². The van der Waals surface area contributed by atoms with E-state index in [2.05, 4.69) is 37.3 Å². The van der Waals surface area contributed by atoms with E-state index < -0.39 is 12.1 Å². The fraction of sp³-hybridized carbons (Fsp3) is 0.542. The van der Waals surface area contributed by atoms with Crippen LogP contribution in [0.25, 0.3) is 0 Å². The lowest BCUT2D eigenvalue weighted by molar-refractivity contribution is -0.137. The lowest BCUT2D eigenvalue weighted by atomic mass is 9.77. The van der Waals surface area contributed by atoms with Crippen LogP contribution >= 0.6 is 0 Å². The second-order valence-electron chi connectivity index (χ2n) is 8.10. The Labute approximate surface area is 167 Å². The number of aliphatic carboxylic acids is 1. The largest absolute Gasteiger partial charge is 0.481 e. The predicted octanol–water partition coefficient (Wildman–Crippen LogP) is 4.70. The van der Waals surface area contributed by atoms with Crippen molar-refractivity contribution >= 4 is 5.97 Å². The molecule has 0 saturated carbocycles. The zero-order valence-corrected chi connectivity index (χ0v) is 16.6. The van der Waals surface area contributed by atoms with E-state index in [0.717, 1.165) is 31.2 Å². The molecular weight excluding hydrogens is 352 g/mol. The molecule has 4 nitrogen and oxygen atoms in total. The van der Waals surface area contributed by atoms with E-state index in [1.54, 1.807) is 0 Å². The number of aliphatic hydroxyl groups excluding tert-OH is 1. The number of benzene rings is 1. The number of hydrogen-bond acceptors (Lipinski definition) is 3. The highest BCUT2D eigenvalue weighted by atomic mass is 16.5. The molecule has 0 spiro atoms. The third-order valence-corrected chi connectivity index (χ3v) is 6.19. The van der Waals surface area contributed by atoms with Gasteiger partial charge in [-0.25, -0.2) is 0 Å². The molecule has 1 aromatic rings. The van der Waals surface area contributed by atoms with E-state index in [1.807, 2.05) is 24.3 Å². The number of fused-ring (bicyclic) bond motifs is 2. The van der Waals surface area contributed by atoms with Gasteiger partial charge < -0.3 is 14.9 Å². The number of aliphatic hydroxyl groups is 1. The molecule has 2 saturated heterocycles. The fourth-order valence-electron chi connectivity index (χ4n) is 4.49. The van der Waals surface area contributed by atoms with Crippen molar-refractivity contribution in [2.75, 3.05) is 0 Å². The van der Waals surface area contributed by atoms with Crippen molar-refractivity contribution < 1.29 is 19.7 Å². The molecule has 2 aliphatic heterocycles. The molecule has 2 unspecified atom stereocenters. The summed E-state index contributed by atoms with van der Waals surface area (Å²) in [5, 5.41) is 19.3. The molecule has 4 heteroatoms. The Morgan fingerprint density at radius 3 is 2.71 bits per heavy atom. The number of unbranched alkanes of at least 4 members (excludes halogenated alkanes) is 1. The number of carboxylic acid groups (broad SMARTS) is 1. The van der Waals surface area contributed by atoms with Crippen LogP contribution in [0.15, 0.2) is 54.6 Å². The van der Waals surface area contributed by atoms with Gasteiger partial charge in [-0.1, -0.05) is 61.6 Å². The molecule has 6 atom stereocenters. The van der Waals surface area contributed by atoms with Crippen LogP contribution in [0.3, 0.4) is 0 Å². The molecule has 152 valence electrons. The van der Waals surface area contributed by atoms with Crippen molar-refractivity contribution in [1.82, 2.24) is 0 Å². The van der Waals surface area contributed by atoms with Gasteiger partial charge in [-0.15, -0.1) is 0 Å². The van der Waals surface area contributed by atoms with Crippen molar-refractivity contribution in [2.24, 2.45) is 11.8 Å². The minimum atomic E-state index is -0.733. The summed E-state index contributed by atoms with van der Waals surface area (Å²) >= 11 is 0. The minimum absolute atomic E-state index is 0.0598. The quantitative estimate of drug-likeness (QED) is 0.453. The van der Waals surface area contributed by atoms with Gasteiger partial charge in [-0.2, -0.15) is 0 Å². The molecule has 1 aromatic carbocycles. The first kappa shape index (κ1) is 20.8. The zero-order valence-electron chi connectivity index (χ0n) is 16.6. The summed E-state index contributed by atoms with van der Waals surface area (Å²) in [6.07, 6.45) is 13.4. The molecule has 2 bridgehead atoms. The highest BCUT2D eigenvalue weighted by molar-refractivity contribution is 5.66. The van der Waals surface area contributed by atoms with Crippen LogP contribution in [0, 0.1) is 11.8 Å². The Bertz CT molecular complexity index is 681. The van der Waals surface area contributed by atoms with E-state index in [0.29, 0.717) is 24.4 Å². The first-order chi connectivity index (χ1) is 13.6. The zero-order chi connectivity index (χ0) is 19.9. The molecule has 2 heterocycles. The van der Waals surface area contributed by atoms with Crippen molar-refractivity contribution in [3.8, 4) is 0 Å². The monoisotopic (exact) mass is 384 g/mol. The third-order valence-electron chi connectivity index (χ3n) is 6.19. The van der Waals surface area contributed by atoms with E-state index in [4.69, 9.17) is 9.84 Å². The lowest BCUT2D eigenvalue weighted by Crippen LogP contribution is -2.26. The molecule has 2 fully saturated rings. The Kier molecular flexibility index (Phi) is 7.46. The maximum atomic E-state index is 10.6. The van der Waals surface area contributed by atoms with Crippen molar-refractivity contribution in [3.63, 3.8) is 0 Å². The molecule has 3 rings (SSSR count). The molecule has 0 aromatic heterocycles. The average Bonchev–Trinajstić information content (AvgIpc) is 3.30. The van der Waals surface area contributed by atoms with E-state index in [1.165, 1.54) is 0 Å². The Morgan fingerprint density at radius 1 is 1.21 bits per heavy atom. The summed E-state index contributed by atoms with van der Waals surface area (Å²) in [7, 11) is 0. The standard InChI is InChI=1S/C24H32O4/c1-17(18-9-5-4-6-10-18)21(25)14-13-20-19(22-15-16-23(20)28-22)11-7-2-3-8-12-24(26)27/h2,4-7,9-10,13-14,17,19-23,25H,3,8,11-12,15-16H2,1H3,(H,26,27)/b7-2-,14-13+/t17?,19-,20+,21?,22+,23-/m1/s1. The van der Waals surface area contributed by atoms with Gasteiger partial charge in [0.25, 0.3) is 0 Å². The van der Waals surface area contributed by atoms with Gasteiger partial charge in [0.2, 0.25) is 0 Å². The first-order valence-electron chi connectivity index (χ1n) is 10.5. The van der Waals surface area contributed by atoms with E-state index in [9.17, 15) is 9.90 Å². The normalized spacial score (nSPS) is 28.9. The molecular formula is C24H32O4. The lowest BCUT2D eigenvalue weighted by Gasteiger charge is -2.25. The van der Waals surface area contributed by atoms with Crippen LogP contribution in [0.4, 0.5) is 0 Å². The van der Waals surface area contributed by atoms with Crippen LogP contribution in [0.2, 0.25) is 0 Å². The maximum absolute atomic E-state index is 10.6. The van der Waals surface area contributed by atoms with Gasteiger partial charge >= 0.3 is 5.97 Å². The molecule has 2 N–H and O–H groups in total. The Hall–Kier alpha value is -1.91. The second-order valence-corrected chi connectivity index (χ2v) is 8.10. The summed E-state index contributed by atoms with van der Waals surface area (Å²) < 4.78 is 6.14. The van der Waals surface area contributed by atoms with Crippen molar-refractivity contribution in [2.45, 2.75) is 69.7 Å². The van der Waals surface area contributed by atoms with Crippen LogP contribution in [0.1, 0.15) is 56.9 Å². The SMILES string of the molecule is CC(c1ccccc1)C(O)/C=C/[C@H]1[C@@H](C/C=C\CCCC(=O)O)[C@@H]2CC[C@H]1O2. The second kappa shape index (κ2) is 10.0. The van der Waals surface area contributed by atoms with Gasteiger partial charge in [0.1, 0.15) is 0 Å². The summed E-state index contributed by atoms with van der Waals surface area (Å²) in [6, 6.07) is 10.1. The summed E-state index contributed by atoms with van der Waals surface area (Å²) in [4.78, 5) is 10.6. The smallest absolute Gasteiger partial charge is 0.303 e. The summed E-state index contributed by atoms with van der Waals surface area (Å²) in [5.41, 5.74) is 1.14. The van der Waals surface area contributed by atoms with Crippen LogP contribution in [-0.2, 0) is 9.53 Å². The Balaban J connectivity index is 1.54. The number of carbonyl (C=O) groups is 1. The van der Waals surface area contributed by atoms with Gasteiger partial charge in [-0.05, 0) is 43.6 Å². The number of hydrogen-bond donors (Lipinski definition) is 2. The topological polar surface area (TPSA) is 66.8 Å². The number of allylic oxidation sites excluding steroid dienone is 2. The molecule has 2 aliphatic rings. The van der Waals surface area contributed by atoms with E-state index in [-0.39, 0.29) is 18.4 Å². The highest BCUT2D eigenvalue weighted by Gasteiger charge is 2.46. The maximum Gasteiger partial charge on any atom is 0.303 e. The average molecular weight is 385 g/mol. The number of rotatable bonds is 10. The van der Waals surface area contributed by atoms with Gasteiger partial charge in [0.15, 0.2) is 0 Å². The number of carboxylic acids is 1. The van der Waals surface area contributed by atoms with Crippen molar-refractivity contribution in [3.05, 3.63) is 60.2 Å². The minimum Gasteiger partial charge on any atom is -0.481 e. The first-order valence-corrected chi connectivity index (χ1v) is 10.5. The van der Waals surface area contributed by atoms with Gasteiger partial charge in [0, 0.05) is 18.3 Å². The van der Waals surface area contributed by atoms with Crippen LogP contribution in [-0.4, -0.2) is 34.5 Å². The Morgan fingerprint density at radius 2 is 1.96 bits per heavy atom. The van der Waals surface area contributed by atoms with Crippen molar-refractivity contribution in [1.29, 1.82) is 0 Å². The fourth-order valence-corrected chi connectivity index (χ4v) is 4.49. The van der Waals surface area contributed by atoms with Gasteiger partial charge in [0.05, 0.1) is 18.3 Å². The van der Waals surface area contributed by atoms with E-state index >= 15 is 0 Å². The summed E-state index contributed by atoms with van der Waals surface area (Å²) in [6.45, 7) is 2.05. The predicted molar refractivity (Wildman–Crippen MR) is 110 cm³/mol. The van der Waals surface area contributed by atoms with Crippen LogP contribution < -0.4 is 0 Å². The molecule has 28 heavy (non-hydrogen) atoms. The highest BCUT2D eigenvalue weighted by Crippen LogP contribution is 2.46. The molecule has 0 aliphatic carbocycles. The summed E-state index contributed by atoms with van der Waals surface area (Å²) in [5.74, 6) is 0.123.